The molecule has 2 aliphatic heterocycles. The topological polar surface area (TPSA) is 46.4 Å². The predicted octanol–water partition coefficient (Wildman–Crippen LogP) is 2.00. The summed E-state index contributed by atoms with van der Waals surface area (Å²) in [5.74, 6) is 1.93. The number of piperazine rings is 1. The molecule has 0 spiro atoms. The molecule has 2 saturated heterocycles. The third-order valence-electron chi connectivity index (χ3n) is 4.84. The maximum Gasteiger partial charge on any atom is 0.149 e. The maximum atomic E-state index is 9.54. The van der Waals surface area contributed by atoms with Gasteiger partial charge in [0.2, 0.25) is 0 Å². The third-order valence-corrected chi connectivity index (χ3v) is 4.84. The molecule has 0 unspecified atom stereocenters. The molecular weight excluding hydrogens is 274 g/mol. The van der Waals surface area contributed by atoms with Crippen LogP contribution in [0, 0.1) is 18.3 Å². The van der Waals surface area contributed by atoms with E-state index in [2.05, 4.69) is 33.8 Å². The lowest BCUT2D eigenvalue weighted by molar-refractivity contribution is 0.270. The number of anilines is 2. The molecule has 5 heteroatoms. The Morgan fingerprint density at radius 3 is 2.36 bits per heavy atom. The zero-order valence-electron chi connectivity index (χ0n) is 13.7. The van der Waals surface area contributed by atoms with Crippen LogP contribution in [0.5, 0.6) is 0 Å². The lowest BCUT2D eigenvalue weighted by Gasteiger charge is -2.35. The van der Waals surface area contributed by atoms with E-state index in [1.165, 1.54) is 12.8 Å². The van der Waals surface area contributed by atoms with E-state index < -0.39 is 0 Å². The summed E-state index contributed by atoms with van der Waals surface area (Å²) < 4.78 is 0. The number of aromatic nitrogens is 1. The molecule has 5 nitrogen and oxygen atoms in total. The van der Waals surface area contributed by atoms with Crippen LogP contribution in [0.4, 0.5) is 11.6 Å². The minimum absolute atomic E-state index is 0.743. The Morgan fingerprint density at radius 2 is 1.77 bits per heavy atom. The summed E-state index contributed by atoms with van der Waals surface area (Å²) in [7, 11) is 0. The van der Waals surface area contributed by atoms with Gasteiger partial charge in [-0.3, -0.25) is 0 Å². The highest BCUT2D eigenvalue weighted by atomic mass is 15.3. The number of hydrogen-bond donors (Lipinski definition) is 0. The molecule has 0 saturated carbocycles. The lowest BCUT2D eigenvalue weighted by Crippen LogP contribution is -2.46. The van der Waals surface area contributed by atoms with Crippen LogP contribution in [0.25, 0.3) is 0 Å². The number of rotatable bonds is 3. The number of likely N-dealkylation sites (N-methyl/N-ethyl adjacent to an activating group) is 1. The van der Waals surface area contributed by atoms with Crippen LogP contribution < -0.4 is 9.80 Å². The molecule has 2 fully saturated rings. The van der Waals surface area contributed by atoms with Gasteiger partial charge in [-0.1, -0.05) is 6.92 Å². The van der Waals surface area contributed by atoms with E-state index in [0.29, 0.717) is 0 Å². The highest BCUT2D eigenvalue weighted by Crippen LogP contribution is 2.28. The first kappa shape index (κ1) is 15.1. The number of aryl methyl sites for hydroxylation is 1. The molecule has 0 amide bonds. The monoisotopic (exact) mass is 299 g/mol. The van der Waals surface area contributed by atoms with E-state index in [-0.39, 0.29) is 0 Å². The van der Waals surface area contributed by atoms with Gasteiger partial charge in [-0.25, -0.2) is 4.98 Å². The van der Waals surface area contributed by atoms with Gasteiger partial charge in [-0.05, 0) is 37.9 Å². The summed E-state index contributed by atoms with van der Waals surface area (Å²) in [6.45, 7) is 11.5. The summed E-state index contributed by atoms with van der Waals surface area (Å²) in [4.78, 5) is 12.0. The van der Waals surface area contributed by atoms with Crippen molar-refractivity contribution in [3.63, 3.8) is 0 Å². The molecule has 1 aromatic heterocycles. The average molecular weight is 299 g/mol. The van der Waals surface area contributed by atoms with E-state index in [1.807, 2.05) is 6.92 Å². The van der Waals surface area contributed by atoms with Crippen LogP contribution in [-0.4, -0.2) is 55.7 Å². The first-order valence-corrected chi connectivity index (χ1v) is 8.37. The average Bonchev–Trinajstić information content (AvgIpc) is 3.08. The summed E-state index contributed by atoms with van der Waals surface area (Å²) >= 11 is 0. The van der Waals surface area contributed by atoms with Crippen LogP contribution >= 0.6 is 0 Å². The van der Waals surface area contributed by atoms with Gasteiger partial charge in [0.15, 0.2) is 0 Å². The van der Waals surface area contributed by atoms with Crippen LogP contribution in [0.15, 0.2) is 6.07 Å². The van der Waals surface area contributed by atoms with Crippen molar-refractivity contribution in [2.45, 2.75) is 26.7 Å². The molecule has 0 aromatic carbocycles. The molecule has 0 atom stereocenters. The molecule has 0 bridgehead atoms. The second-order valence-corrected chi connectivity index (χ2v) is 6.22. The fourth-order valence-corrected chi connectivity index (χ4v) is 3.39. The minimum atomic E-state index is 0.743. The number of hydrogen-bond acceptors (Lipinski definition) is 5. The van der Waals surface area contributed by atoms with Gasteiger partial charge in [0, 0.05) is 39.3 Å². The Hall–Kier alpha value is -1.80. The third kappa shape index (κ3) is 2.89. The van der Waals surface area contributed by atoms with E-state index in [0.717, 1.165) is 68.6 Å². The molecule has 0 radical (unpaired) electrons. The number of nitrogens with zero attached hydrogens (tertiary/aromatic N) is 5. The first-order valence-electron chi connectivity index (χ1n) is 8.37. The predicted molar refractivity (Wildman–Crippen MR) is 89.5 cm³/mol. The Kier molecular flexibility index (Phi) is 4.49. The SMILES string of the molecule is CCN1CCN(c2nc(N3CCCC3)cc(C)c2C#N)CC1. The smallest absolute Gasteiger partial charge is 0.149 e. The molecule has 2 aliphatic rings. The zero-order valence-corrected chi connectivity index (χ0v) is 13.7. The Balaban J connectivity index is 1.89. The molecule has 1 aromatic rings. The Morgan fingerprint density at radius 1 is 1.09 bits per heavy atom. The number of nitriles is 1. The van der Waals surface area contributed by atoms with Crippen LogP contribution in [0.1, 0.15) is 30.9 Å². The van der Waals surface area contributed by atoms with Crippen LogP contribution in [-0.2, 0) is 0 Å². The van der Waals surface area contributed by atoms with Crippen molar-refractivity contribution in [2.75, 3.05) is 55.6 Å². The van der Waals surface area contributed by atoms with Crippen molar-refractivity contribution in [2.24, 2.45) is 0 Å². The quantitative estimate of drug-likeness (QED) is 0.854. The molecule has 3 rings (SSSR count). The highest BCUT2D eigenvalue weighted by Gasteiger charge is 2.23. The minimum Gasteiger partial charge on any atom is -0.357 e. The van der Waals surface area contributed by atoms with Gasteiger partial charge in [0.05, 0.1) is 5.56 Å². The molecule has 118 valence electrons. The van der Waals surface area contributed by atoms with E-state index >= 15 is 0 Å². The number of pyridine rings is 1. The van der Waals surface area contributed by atoms with Gasteiger partial charge in [-0.15, -0.1) is 0 Å². The normalized spacial score (nSPS) is 19.5. The second-order valence-electron chi connectivity index (χ2n) is 6.22. The van der Waals surface area contributed by atoms with E-state index in [4.69, 9.17) is 4.98 Å². The fourth-order valence-electron chi connectivity index (χ4n) is 3.39. The van der Waals surface area contributed by atoms with Crippen molar-refractivity contribution in [3.05, 3.63) is 17.2 Å². The van der Waals surface area contributed by atoms with Gasteiger partial charge >= 0.3 is 0 Å². The largest absolute Gasteiger partial charge is 0.357 e. The second kappa shape index (κ2) is 6.53. The molecular formula is C17H25N5. The van der Waals surface area contributed by atoms with Gasteiger partial charge in [-0.2, -0.15) is 5.26 Å². The van der Waals surface area contributed by atoms with Crippen LogP contribution in [0.2, 0.25) is 0 Å². The van der Waals surface area contributed by atoms with Crippen molar-refractivity contribution < 1.29 is 0 Å². The van der Waals surface area contributed by atoms with Crippen molar-refractivity contribution in [1.29, 1.82) is 5.26 Å². The fraction of sp³-hybridized carbons (Fsp3) is 0.647. The Bertz CT molecular complexity index is 563. The molecule has 22 heavy (non-hydrogen) atoms. The van der Waals surface area contributed by atoms with Gasteiger partial charge < -0.3 is 14.7 Å². The maximum absolute atomic E-state index is 9.54. The lowest BCUT2D eigenvalue weighted by atomic mass is 10.1. The van der Waals surface area contributed by atoms with Crippen molar-refractivity contribution >= 4 is 11.6 Å². The standard InChI is InChI=1S/C17H25N5/c1-3-20-8-10-22(11-9-20)17-15(13-18)14(2)12-16(19-17)21-6-4-5-7-21/h12H,3-11H2,1-2H3. The molecule has 3 heterocycles. The molecule has 0 N–H and O–H groups in total. The van der Waals surface area contributed by atoms with Crippen LogP contribution in [0.3, 0.4) is 0 Å². The van der Waals surface area contributed by atoms with Gasteiger partial charge in [0.1, 0.15) is 17.7 Å². The first-order chi connectivity index (χ1) is 10.7. The summed E-state index contributed by atoms with van der Waals surface area (Å²) in [5.41, 5.74) is 1.79. The zero-order chi connectivity index (χ0) is 15.5. The van der Waals surface area contributed by atoms with E-state index in [9.17, 15) is 5.26 Å². The summed E-state index contributed by atoms with van der Waals surface area (Å²) in [6.07, 6.45) is 2.48. The summed E-state index contributed by atoms with van der Waals surface area (Å²) in [5, 5.41) is 9.54. The summed E-state index contributed by atoms with van der Waals surface area (Å²) in [6, 6.07) is 4.45. The van der Waals surface area contributed by atoms with Gasteiger partial charge in [0.25, 0.3) is 0 Å². The van der Waals surface area contributed by atoms with Crippen molar-refractivity contribution in [1.82, 2.24) is 9.88 Å². The van der Waals surface area contributed by atoms with E-state index in [1.54, 1.807) is 0 Å². The molecule has 0 aliphatic carbocycles. The Labute approximate surface area is 133 Å². The van der Waals surface area contributed by atoms with Crippen molar-refractivity contribution in [3.8, 4) is 6.07 Å². The highest BCUT2D eigenvalue weighted by molar-refractivity contribution is 5.63.